The third-order valence-electron chi connectivity index (χ3n) is 1.52. The van der Waals surface area contributed by atoms with Crippen LogP contribution in [0.4, 0.5) is 11.4 Å². The predicted octanol–water partition coefficient (Wildman–Crippen LogP) is 1.34. The van der Waals surface area contributed by atoms with Crippen LogP contribution in [0.1, 0.15) is 0 Å². The van der Waals surface area contributed by atoms with Gasteiger partial charge < -0.3 is 5.11 Å². The zero-order valence-electron chi connectivity index (χ0n) is 6.80. The fourth-order valence-corrected chi connectivity index (χ4v) is 0.854. The molecule has 0 spiro atoms. The largest absolute Gasteiger partial charge is 0.502 e. The molecule has 0 atom stereocenters. The lowest BCUT2D eigenvalue weighted by molar-refractivity contribution is -0.430. The highest BCUT2D eigenvalue weighted by molar-refractivity contribution is 5.52. The minimum Gasteiger partial charge on any atom is -0.502 e. The maximum atomic E-state index is 10.7. The summed E-state index contributed by atoms with van der Waals surface area (Å²) in [4.78, 5) is 20.3. The highest BCUT2D eigenvalue weighted by Crippen LogP contribution is 2.29. The van der Waals surface area contributed by atoms with Gasteiger partial charge in [0, 0.05) is 15.7 Å². The molecule has 1 aromatic carbocycles. The second-order valence-corrected chi connectivity index (χ2v) is 2.43. The van der Waals surface area contributed by atoms with E-state index in [1.807, 2.05) is 0 Å². The first-order valence-corrected chi connectivity index (χ1v) is 3.40. The predicted molar refractivity (Wildman–Crippen MR) is 44.0 cm³/mol. The Morgan fingerprint density at radius 3 is 2.46 bits per heavy atom. The number of benzene rings is 1. The number of aromatic hydroxyl groups is 1. The van der Waals surface area contributed by atoms with Crippen LogP contribution in [0.2, 0.25) is 0 Å². The van der Waals surface area contributed by atoms with Crippen LogP contribution >= 0.6 is 0 Å². The lowest BCUT2D eigenvalue weighted by Crippen LogP contribution is -1.93. The van der Waals surface area contributed by atoms with Gasteiger partial charge >= 0.3 is 5.69 Å². The van der Waals surface area contributed by atoms with Gasteiger partial charge in [-0.2, -0.15) is 0 Å². The molecule has 13 heavy (non-hydrogen) atoms. The van der Waals surface area contributed by atoms with Crippen molar-refractivity contribution >= 4 is 11.4 Å². The zero-order valence-corrected chi connectivity index (χ0v) is 6.80. The number of phenolic OH excluding ortho intramolecular Hbond substituents is 1. The van der Waals surface area contributed by atoms with Crippen LogP contribution in [0.15, 0.2) is 18.2 Å². The van der Waals surface area contributed by atoms with E-state index in [0.29, 0.717) is 4.76 Å². The van der Waals surface area contributed by atoms with Crippen molar-refractivity contribution in [3.05, 3.63) is 33.2 Å². The van der Waals surface area contributed by atoms with E-state index >= 15 is 0 Å². The Labute approximate surface area is 73.1 Å². The molecule has 0 fully saturated rings. The van der Waals surface area contributed by atoms with Gasteiger partial charge in [-0.1, -0.05) is 0 Å². The topological polar surface area (TPSA) is 83.5 Å². The molecule has 68 valence electrons. The summed E-state index contributed by atoms with van der Waals surface area (Å²) in [6.45, 7) is 0. The second-order valence-electron chi connectivity index (χ2n) is 2.43. The summed E-state index contributed by atoms with van der Waals surface area (Å²) in [6.07, 6.45) is 0. The van der Waals surface area contributed by atoms with E-state index in [1.54, 1.807) is 0 Å². The second kappa shape index (κ2) is 3.18. The number of hydrogen-bond acceptors (Lipinski definition) is 4. The number of hydrogen-bond donors (Lipinski definition) is 1. The summed E-state index contributed by atoms with van der Waals surface area (Å²) in [7, 11) is 1.22. The van der Waals surface area contributed by atoms with Crippen molar-refractivity contribution in [1.29, 1.82) is 0 Å². The van der Waals surface area contributed by atoms with E-state index < -0.39 is 16.4 Å². The standard InChI is InChI=1S/C7H6N2O4/c1-8(11)5-2-3-7(10)6(4-5)9(12)13/h2-4H,1H3/p+1. The molecule has 0 bridgehead atoms. The van der Waals surface area contributed by atoms with Gasteiger partial charge in [0.25, 0.3) is 5.69 Å². The quantitative estimate of drug-likeness (QED) is 0.426. The molecule has 0 aromatic heterocycles. The third kappa shape index (κ3) is 1.78. The molecule has 6 heteroatoms. The molecule has 0 saturated carbocycles. The van der Waals surface area contributed by atoms with Crippen molar-refractivity contribution in [1.82, 2.24) is 0 Å². The van der Waals surface area contributed by atoms with E-state index in [2.05, 4.69) is 0 Å². The first kappa shape index (κ1) is 9.11. The Kier molecular flexibility index (Phi) is 2.23. The Balaban J connectivity index is 3.27. The van der Waals surface area contributed by atoms with Crippen molar-refractivity contribution in [2.45, 2.75) is 0 Å². The van der Waals surface area contributed by atoms with Crippen LogP contribution < -0.4 is 0 Å². The number of nitrogens with zero attached hydrogens (tertiary/aromatic N) is 2. The lowest BCUT2D eigenvalue weighted by Gasteiger charge is -1.93. The van der Waals surface area contributed by atoms with Crippen molar-refractivity contribution < 1.29 is 14.8 Å². The normalized spacial score (nSPS) is 9.62. The molecule has 0 aliphatic rings. The highest BCUT2D eigenvalue weighted by Gasteiger charge is 2.18. The molecule has 0 aliphatic heterocycles. The summed E-state index contributed by atoms with van der Waals surface area (Å²) < 4.78 is 0.479. The van der Waals surface area contributed by atoms with Gasteiger partial charge in [0.05, 0.1) is 11.0 Å². The Hall–Kier alpha value is -1.98. The minimum atomic E-state index is -0.748. The van der Waals surface area contributed by atoms with E-state index in [4.69, 9.17) is 5.11 Å². The minimum absolute atomic E-state index is 0.129. The highest BCUT2D eigenvalue weighted by atomic mass is 16.6. The smallest absolute Gasteiger partial charge is 0.317 e. The van der Waals surface area contributed by atoms with Gasteiger partial charge in [-0.05, 0) is 6.07 Å². The molecule has 0 amide bonds. The van der Waals surface area contributed by atoms with Gasteiger partial charge in [0.2, 0.25) is 0 Å². The molecular formula is C7H7N2O4+. The van der Waals surface area contributed by atoms with Crippen molar-refractivity contribution in [3.63, 3.8) is 0 Å². The SMILES string of the molecule is C[N+](=O)c1ccc(O)c([N+](=O)[O-])c1. The zero-order chi connectivity index (χ0) is 10.0. The molecule has 0 unspecified atom stereocenters. The molecule has 0 heterocycles. The van der Waals surface area contributed by atoms with E-state index in [-0.39, 0.29) is 5.69 Å². The monoisotopic (exact) mass is 183 g/mol. The fraction of sp³-hybridized carbons (Fsp3) is 0.143. The van der Waals surface area contributed by atoms with E-state index in [9.17, 15) is 15.0 Å². The maximum Gasteiger partial charge on any atom is 0.317 e. The summed E-state index contributed by atoms with van der Waals surface area (Å²) in [5.41, 5.74) is -0.343. The van der Waals surface area contributed by atoms with Crippen molar-refractivity contribution in [2.75, 3.05) is 7.05 Å². The molecular weight excluding hydrogens is 176 g/mol. The number of phenols is 1. The number of nitro groups is 1. The van der Waals surface area contributed by atoms with Gasteiger partial charge in [0.15, 0.2) is 12.8 Å². The average molecular weight is 183 g/mol. The fourth-order valence-electron chi connectivity index (χ4n) is 0.854. The van der Waals surface area contributed by atoms with Gasteiger partial charge in [0.1, 0.15) is 0 Å². The third-order valence-corrected chi connectivity index (χ3v) is 1.52. The molecule has 1 rings (SSSR count). The Morgan fingerprint density at radius 2 is 2.00 bits per heavy atom. The Bertz CT molecular complexity index is 375. The van der Waals surface area contributed by atoms with Crippen LogP contribution in [0.3, 0.4) is 0 Å². The number of nitro benzene ring substituents is 1. The lowest BCUT2D eigenvalue weighted by atomic mass is 10.2. The maximum absolute atomic E-state index is 10.7. The van der Waals surface area contributed by atoms with Crippen LogP contribution in [-0.4, -0.2) is 21.8 Å². The first-order chi connectivity index (χ1) is 6.02. The molecule has 0 aliphatic carbocycles. The molecule has 0 saturated heterocycles. The molecule has 1 N–H and O–H groups in total. The van der Waals surface area contributed by atoms with Gasteiger partial charge in [-0.3, -0.25) is 10.1 Å². The summed E-state index contributed by atoms with van der Waals surface area (Å²) in [5, 5.41) is 19.3. The Morgan fingerprint density at radius 1 is 1.38 bits per heavy atom. The molecule has 1 aromatic rings. The molecule has 0 radical (unpaired) electrons. The molecule has 6 nitrogen and oxygen atoms in total. The number of nitroso groups, excluding NO2 is 1. The summed E-state index contributed by atoms with van der Waals surface area (Å²) in [6, 6.07) is 3.43. The van der Waals surface area contributed by atoms with Gasteiger partial charge in [-0.15, -0.1) is 0 Å². The average Bonchev–Trinajstić information content (AvgIpc) is 2.04. The summed E-state index contributed by atoms with van der Waals surface area (Å²) in [5.74, 6) is -0.449. The van der Waals surface area contributed by atoms with Crippen LogP contribution in [0, 0.1) is 15.0 Å². The van der Waals surface area contributed by atoms with Gasteiger partial charge in [-0.25, -0.2) is 0 Å². The van der Waals surface area contributed by atoms with E-state index in [0.717, 1.165) is 12.1 Å². The summed E-state index contributed by atoms with van der Waals surface area (Å²) >= 11 is 0. The first-order valence-electron chi connectivity index (χ1n) is 3.40. The van der Waals surface area contributed by atoms with E-state index in [1.165, 1.54) is 13.1 Å². The van der Waals surface area contributed by atoms with Crippen LogP contribution in [0.25, 0.3) is 0 Å². The van der Waals surface area contributed by atoms with Crippen molar-refractivity contribution in [3.8, 4) is 5.75 Å². The van der Waals surface area contributed by atoms with Crippen molar-refractivity contribution in [2.24, 2.45) is 0 Å². The van der Waals surface area contributed by atoms with Crippen LogP contribution in [-0.2, 0) is 0 Å². The van der Waals surface area contributed by atoms with Crippen LogP contribution in [0.5, 0.6) is 5.75 Å². The number of rotatable bonds is 2.